The van der Waals surface area contributed by atoms with Crippen molar-refractivity contribution in [1.29, 1.82) is 0 Å². The van der Waals surface area contributed by atoms with Gasteiger partial charge in [0.2, 0.25) is 11.1 Å². The molecule has 1 aromatic carbocycles. The second-order valence-electron chi connectivity index (χ2n) is 7.32. The van der Waals surface area contributed by atoms with Gasteiger partial charge in [0.15, 0.2) is 5.78 Å². The van der Waals surface area contributed by atoms with Gasteiger partial charge < -0.3 is 5.32 Å². The average Bonchev–Trinajstić information content (AvgIpc) is 3.09. The van der Waals surface area contributed by atoms with Crippen LogP contribution >= 0.6 is 27.7 Å². The largest absolute Gasteiger partial charge is 0.328 e. The molecule has 0 amide bonds. The van der Waals surface area contributed by atoms with E-state index in [9.17, 15) is 4.79 Å². The van der Waals surface area contributed by atoms with E-state index >= 15 is 0 Å². The lowest BCUT2D eigenvalue weighted by Gasteiger charge is -2.32. The quantitative estimate of drug-likeness (QED) is 0.421. The van der Waals surface area contributed by atoms with Gasteiger partial charge in [-0.15, -0.1) is 5.10 Å². The number of Topliss-reactive ketones (excluding diaryl/α,β-unsaturated/α-hetero) is 1. The molecule has 1 aromatic heterocycles. The summed E-state index contributed by atoms with van der Waals surface area (Å²) in [5.41, 5.74) is 2.94. The molecule has 28 heavy (non-hydrogen) atoms. The van der Waals surface area contributed by atoms with E-state index in [0.717, 1.165) is 51.0 Å². The summed E-state index contributed by atoms with van der Waals surface area (Å²) in [7, 11) is 0. The van der Waals surface area contributed by atoms with Gasteiger partial charge in [0.25, 0.3) is 0 Å². The molecule has 7 heteroatoms. The van der Waals surface area contributed by atoms with Gasteiger partial charge in [-0.3, -0.25) is 4.79 Å². The second kappa shape index (κ2) is 8.82. The highest BCUT2D eigenvalue weighted by Crippen LogP contribution is 2.40. The van der Waals surface area contributed by atoms with Crippen molar-refractivity contribution in [2.75, 3.05) is 11.1 Å². The molecule has 1 aliphatic carbocycles. The summed E-state index contributed by atoms with van der Waals surface area (Å²) in [6.07, 6.45) is 7.34. The summed E-state index contributed by atoms with van der Waals surface area (Å²) >= 11 is 5.21. The molecule has 148 valence electrons. The van der Waals surface area contributed by atoms with Crippen LogP contribution in [0.25, 0.3) is 0 Å². The van der Waals surface area contributed by atoms with Crippen LogP contribution in [-0.2, 0) is 4.79 Å². The van der Waals surface area contributed by atoms with Crippen molar-refractivity contribution in [3.8, 4) is 0 Å². The Balaban J connectivity index is 1.64. The van der Waals surface area contributed by atoms with E-state index in [1.807, 2.05) is 16.8 Å². The number of fused-ring (bicyclic) bond motifs is 1. The monoisotopic (exact) mass is 460 g/mol. The van der Waals surface area contributed by atoms with Crippen LogP contribution in [0, 0.1) is 0 Å². The highest BCUT2D eigenvalue weighted by Gasteiger charge is 2.36. The zero-order valence-corrected chi connectivity index (χ0v) is 18.5. The zero-order valence-electron chi connectivity index (χ0n) is 16.1. The van der Waals surface area contributed by atoms with E-state index in [-0.39, 0.29) is 11.8 Å². The highest BCUT2D eigenvalue weighted by molar-refractivity contribution is 9.10. The number of allylic oxidation sites excluding steroid dienone is 2. The first-order chi connectivity index (χ1) is 13.7. The summed E-state index contributed by atoms with van der Waals surface area (Å²) < 4.78 is 2.93. The topological polar surface area (TPSA) is 59.8 Å². The molecule has 0 unspecified atom stereocenters. The Labute approximate surface area is 178 Å². The number of rotatable bonds is 7. The molecular formula is C21H25BrN4OS. The summed E-state index contributed by atoms with van der Waals surface area (Å²) in [5.74, 6) is 1.99. The number of nitrogens with one attached hydrogen (secondary N) is 1. The minimum atomic E-state index is -0.200. The number of thioether (sulfide) groups is 1. The summed E-state index contributed by atoms with van der Waals surface area (Å²) in [6, 6.07) is 7.97. The van der Waals surface area contributed by atoms with E-state index in [1.165, 1.54) is 25.7 Å². The Morgan fingerprint density at radius 1 is 1.21 bits per heavy atom. The number of nitrogens with zero attached hydrogens (tertiary/aromatic N) is 3. The lowest BCUT2D eigenvalue weighted by atomic mass is 9.85. The molecule has 0 radical (unpaired) electrons. The molecule has 0 spiro atoms. The number of benzene rings is 1. The van der Waals surface area contributed by atoms with Crippen LogP contribution in [0.2, 0.25) is 0 Å². The van der Waals surface area contributed by atoms with Crippen molar-refractivity contribution in [2.24, 2.45) is 0 Å². The van der Waals surface area contributed by atoms with E-state index in [4.69, 9.17) is 10.1 Å². The molecule has 1 aliphatic heterocycles. The van der Waals surface area contributed by atoms with E-state index in [1.54, 1.807) is 11.8 Å². The molecule has 5 nitrogen and oxygen atoms in total. The van der Waals surface area contributed by atoms with Gasteiger partial charge in [0, 0.05) is 27.9 Å². The van der Waals surface area contributed by atoms with Crippen LogP contribution in [-0.4, -0.2) is 26.3 Å². The number of carbonyl (C=O) groups excluding carboxylic acids is 1. The van der Waals surface area contributed by atoms with Crippen molar-refractivity contribution in [2.45, 2.75) is 63.1 Å². The Kier molecular flexibility index (Phi) is 6.21. The van der Waals surface area contributed by atoms with Crippen molar-refractivity contribution >= 4 is 39.4 Å². The molecule has 0 saturated heterocycles. The fourth-order valence-corrected chi connectivity index (χ4v) is 4.94. The maximum absolute atomic E-state index is 12.8. The Morgan fingerprint density at radius 2 is 2.04 bits per heavy atom. The van der Waals surface area contributed by atoms with Crippen LogP contribution in [0.3, 0.4) is 0 Å². The van der Waals surface area contributed by atoms with Crippen LogP contribution in [0.5, 0.6) is 0 Å². The smallest absolute Gasteiger partial charge is 0.227 e. The predicted octanol–water partition coefficient (Wildman–Crippen LogP) is 5.74. The number of anilines is 1. The maximum atomic E-state index is 12.8. The first-order valence-corrected chi connectivity index (χ1v) is 11.8. The molecule has 0 fully saturated rings. The first-order valence-electron chi connectivity index (χ1n) is 10.1. The Hall–Kier alpha value is -1.60. The number of halogens is 1. The average molecular weight is 461 g/mol. The summed E-state index contributed by atoms with van der Waals surface area (Å²) in [4.78, 5) is 17.5. The first kappa shape index (κ1) is 19.7. The van der Waals surface area contributed by atoms with Crippen molar-refractivity contribution in [3.63, 3.8) is 0 Å². The van der Waals surface area contributed by atoms with Gasteiger partial charge >= 0.3 is 0 Å². The van der Waals surface area contributed by atoms with Gasteiger partial charge in [-0.2, -0.15) is 4.98 Å². The maximum Gasteiger partial charge on any atom is 0.227 e. The fraction of sp³-hybridized carbons (Fsp3) is 0.476. The molecule has 2 heterocycles. The van der Waals surface area contributed by atoms with E-state index in [2.05, 4.69) is 40.3 Å². The SMILES string of the molecule is CCCCCCSc1nc2n(n1)[C@@H](c1ccc(Br)cc1)C1=C(CCCC1=O)N2. The van der Waals surface area contributed by atoms with Crippen molar-refractivity contribution in [1.82, 2.24) is 14.8 Å². The Bertz CT molecular complexity index is 890. The third-order valence-electron chi connectivity index (χ3n) is 5.26. The highest BCUT2D eigenvalue weighted by atomic mass is 79.9. The van der Waals surface area contributed by atoms with Crippen LogP contribution in [0.1, 0.15) is 63.5 Å². The van der Waals surface area contributed by atoms with Crippen molar-refractivity contribution < 1.29 is 4.79 Å². The second-order valence-corrected chi connectivity index (χ2v) is 9.30. The number of hydrogen-bond acceptors (Lipinski definition) is 5. The molecule has 4 rings (SSSR count). The third-order valence-corrected chi connectivity index (χ3v) is 6.72. The molecule has 1 N–H and O–H groups in total. The molecule has 2 aromatic rings. The molecular weight excluding hydrogens is 436 g/mol. The van der Waals surface area contributed by atoms with Crippen LogP contribution < -0.4 is 5.32 Å². The van der Waals surface area contributed by atoms with Crippen LogP contribution in [0.4, 0.5) is 5.95 Å². The standard InChI is InChI=1S/C21H25BrN4OS/c1-2-3-4-5-13-28-21-24-20-23-16-7-6-8-17(27)18(16)19(26(20)25-21)14-9-11-15(22)12-10-14/h9-12,19H,2-8,13H2,1H3,(H,23,24,25)/t19-/m0/s1. The molecule has 0 saturated carbocycles. The molecule has 1 atom stereocenters. The van der Waals surface area contributed by atoms with E-state index < -0.39 is 0 Å². The van der Waals surface area contributed by atoms with E-state index in [0.29, 0.717) is 6.42 Å². The van der Waals surface area contributed by atoms with Gasteiger partial charge in [0.05, 0.1) is 0 Å². The Morgan fingerprint density at radius 3 is 2.82 bits per heavy atom. The van der Waals surface area contributed by atoms with Gasteiger partial charge in [-0.1, -0.05) is 66.0 Å². The van der Waals surface area contributed by atoms with Crippen molar-refractivity contribution in [3.05, 3.63) is 45.6 Å². The molecule has 2 aliphatic rings. The minimum absolute atomic E-state index is 0.200. The number of unbranched alkanes of at least 4 members (excludes halogenated alkanes) is 3. The molecule has 0 bridgehead atoms. The number of carbonyl (C=O) groups is 1. The fourth-order valence-electron chi connectivity index (χ4n) is 3.84. The van der Waals surface area contributed by atoms with Gasteiger partial charge in [-0.25, -0.2) is 4.68 Å². The summed E-state index contributed by atoms with van der Waals surface area (Å²) in [6.45, 7) is 2.22. The number of hydrogen-bond donors (Lipinski definition) is 1. The summed E-state index contributed by atoms with van der Waals surface area (Å²) in [5, 5.41) is 8.96. The number of aromatic nitrogens is 3. The third kappa shape index (κ3) is 4.06. The lowest BCUT2D eigenvalue weighted by Crippen LogP contribution is -2.31. The lowest BCUT2D eigenvalue weighted by molar-refractivity contribution is -0.116. The van der Waals surface area contributed by atoms with Gasteiger partial charge in [0.1, 0.15) is 6.04 Å². The zero-order chi connectivity index (χ0) is 19.5. The normalized spacial score (nSPS) is 18.6. The minimum Gasteiger partial charge on any atom is -0.328 e. The number of ketones is 1. The van der Waals surface area contributed by atoms with Crippen LogP contribution in [0.15, 0.2) is 45.2 Å². The van der Waals surface area contributed by atoms with Gasteiger partial charge in [-0.05, 0) is 37.0 Å². The predicted molar refractivity (Wildman–Crippen MR) is 117 cm³/mol.